The van der Waals surface area contributed by atoms with Crippen LogP contribution in [0.1, 0.15) is 19.9 Å². The molecule has 3 rings (SSSR count). The van der Waals surface area contributed by atoms with Gasteiger partial charge in [-0.15, -0.1) is 0 Å². The molecule has 2 aromatic heterocycles. The Hall–Kier alpha value is -2.22. The molecule has 0 aliphatic heterocycles. The molecular formula is C15H14BrFN4O2. The molecule has 0 saturated heterocycles. The maximum Gasteiger partial charge on any atom is 0.306 e. The molecule has 0 amide bonds. The zero-order valence-electron chi connectivity index (χ0n) is 12.7. The lowest BCUT2D eigenvalue weighted by atomic mass is 10.3. The van der Waals surface area contributed by atoms with Gasteiger partial charge < -0.3 is 4.74 Å². The average Bonchev–Trinajstić information content (AvgIpc) is 2.91. The van der Waals surface area contributed by atoms with Gasteiger partial charge in [0.25, 0.3) is 5.56 Å². The third-order valence-corrected chi connectivity index (χ3v) is 3.87. The standard InChI is InChI=1S/C15H14BrFN4O2/c1-8(2)21-13-10(7-18-21)14(22)20(3)15(19-13)23-12-5-4-9(16)6-11(12)17/h4-8H,1-3H3. The van der Waals surface area contributed by atoms with Gasteiger partial charge >= 0.3 is 6.01 Å². The van der Waals surface area contributed by atoms with Gasteiger partial charge in [0, 0.05) is 17.6 Å². The third kappa shape index (κ3) is 2.74. The summed E-state index contributed by atoms with van der Waals surface area (Å²) in [6.45, 7) is 3.86. The predicted octanol–water partition coefficient (Wildman–Crippen LogP) is 3.40. The van der Waals surface area contributed by atoms with Crippen LogP contribution in [0.15, 0.2) is 33.7 Å². The first-order valence-corrected chi connectivity index (χ1v) is 7.75. The maximum absolute atomic E-state index is 13.9. The number of nitrogens with zero attached hydrogens (tertiary/aromatic N) is 4. The number of benzene rings is 1. The molecule has 0 bridgehead atoms. The van der Waals surface area contributed by atoms with Crippen molar-refractivity contribution in [3.05, 3.63) is 45.0 Å². The zero-order valence-corrected chi connectivity index (χ0v) is 14.3. The van der Waals surface area contributed by atoms with Gasteiger partial charge in [0.15, 0.2) is 17.2 Å². The molecule has 23 heavy (non-hydrogen) atoms. The number of ether oxygens (including phenoxy) is 1. The van der Waals surface area contributed by atoms with Crippen LogP contribution in [-0.4, -0.2) is 19.3 Å². The van der Waals surface area contributed by atoms with Crippen LogP contribution in [0.5, 0.6) is 11.8 Å². The second kappa shape index (κ2) is 5.77. The van der Waals surface area contributed by atoms with E-state index in [-0.39, 0.29) is 23.4 Å². The molecule has 0 saturated carbocycles. The van der Waals surface area contributed by atoms with E-state index in [1.807, 2.05) is 13.8 Å². The molecule has 120 valence electrons. The first-order chi connectivity index (χ1) is 10.9. The molecular weight excluding hydrogens is 367 g/mol. The van der Waals surface area contributed by atoms with Gasteiger partial charge in [0.05, 0.1) is 6.20 Å². The summed E-state index contributed by atoms with van der Waals surface area (Å²) in [5.41, 5.74) is 0.116. The second-order valence-corrected chi connectivity index (χ2v) is 6.27. The molecule has 1 aromatic carbocycles. The van der Waals surface area contributed by atoms with Crippen LogP contribution >= 0.6 is 15.9 Å². The second-order valence-electron chi connectivity index (χ2n) is 5.36. The van der Waals surface area contributed by atoms with Crippen molar-refractivity contribution in [2.45, 2.75) is 19.9 Å². The highest BCUT2D eigenvalue weighted by Gasteiger charge is 2.17. The van der Waals surface area contributed by atoms with Crippen molar-refractivity contribution in [2.24, 2.45) is 7.05 Å². The number of aromatic nitrogens is 4. The van der Waals surface area contributed by atoms with Crippen molar-refractivity contribution in [1.29, 1.82) is 0 Å². The normalized spacial score (nSPS) is 11.4. The molecule has 0 spiro atoms. The lowest BCUT2D eigenvalue weighted by Gasteiger charge is -2.11. The summed E-state index contributed by atoms with van der Waals surface area (Å²) in [7, 11) is 1.52. The fraction of sp³-hybridized carbons (Fsp3) is 0.267. The Morgan fingerprint density at radius 1 is 1.35 bits per heavy atom. The van der Waals surface area contributed by atoms with Crippen molar-refractivity contribution >= 4 is 27.0 Å². The van der Waals surface area contributed by atoms with E-state index in [4.69, 9.17) is 4.74 Å². The fourth-order valence-corrected chi connectivity index (χ4v) is 2.51. The molecule has 0 aliphatic carbocycles. The van der Waals surface area contributed by atoms with E-state index in [1.165, 1.54) is 29.9 Å². The van der Waals surface area contributed by atoms with Crippen LogP contribution < -0.4 is 10.3 Å². The minimum absolute atomic E-state index is 0.00567. The van der Waals surface area contributed by atoms with Gasteiger partial charge in [-0.25, -0.2) is 9.07 Å². The van der Waals surface area contributed by atoms with Gasteiger partial charge in [-0.3, -0.25) is 9.36 Å². The van der Waals surface area contributed by atoms with Gasteiger partial charge in [0.1, 0.15) is 5.39 Å². The third-order valence-electron chi connectivity index (χ3n) is 3.38. The largest absolute Gasteiger partial charge is 0.422 e. The lowest BCUT2D eigenvalue weighted by Crippen LogP contribution is -2.20. The molecule has 0 atom stereocenters. The molecule has 0 aliphatic rings. The molecule has 8 heteroatoms. The van der Waals surface area contributed by atoms with E-state index in [0.717, 1.165) is 0 Å². The van der Waals surface area contributed by atoms with Crippen LogP contribution in [-0.2, 0) is 7.05 Å². The van der Waals surface area contributed by atoms with Crippen LogP contribution in [0.3, 0.4) is 0 Å². The van der Waals surface area contributed by atoms with Gasteiger partial charge in [-0.2, -0.15) is 10.1 Å². The van der Waals surface area contributed by atoms with Gasteiger partial charge in [-0.05, 0) is 32.0 Å². The Balaban J connectivity index is 2.15. The maximum atomic E-state index is 13.9. The monoisotopic (exact) mass is 380 g/mol. The SMILES string of the molecule is CC(C)n1ncc2c(=O)n(C)c(Oc3ccc(Br)cc3F)nc21. The Morgan fingerprint density at radius 2 is 2.09 bits per heavy atom. The summed E-state index contributed by atoms with van der Waals surface area (Å²) in [6, 6.07) is 4.43. The topological polar surface area (TPSA) is 61.9 Å². The lowest BCUT2D eigenvalue weighted by molar-refractivity contribution is 0.389. The first kappa shape index (κ1) is 15.7. The predicted molar refractivity (Wildman–Crippen MR) is 87.3 cm³/mol. The Kier molecular flexibility index (Phi) is 3.93. The smallest absolute Gasteiger partial charge is 0.306 e. The van der Waals surface area contributed by atoms with E-state index in [2.05, 4.69) is 26.0 Å². The van der Waals surface area contributed by atoms with Crippen molar-refractivity contribution in [3.63, 3.8) is 0 Å². The summed E-state index contributed by atoms with van der Waals surface area (Å²) < 4.78 is 22.9. The van der Waals surface area contributed by atoms with Crippen molar-refractivity contribution in [1.82, 2.24) is 19.3 Å². The number of rotatable bonds is 3. The Morgan fingerprint density at radius 3 is 2.74 bits per heavy atom. The number of halogens is 2. The summed E-state index contributed by atoms with van der Waals surface area (Å²) in [5, 5.41) is 4.57. The number of hydrogen-bond acceptors (Lipinski definition) is 4. The zero-order chi connectivity index (χ0) is 16.7. The Labute approximate surface area is 139 Å². The average molecular weight is 381 g/mol. The molecule has 3 aromatic rings. The van der Waals surface area contributed by atoms with E-state index in [0.29, 0.717) is 15.5 Å². The molecule has 2 heterocycles. The summed E-state index contributed by atoms with van der Waals surface area (Å²) >= 11 is 3.18. The van der Waals surface area contributed by atoms with E-state index in [9.17, 15) is 9.18 Å². The first-order valence-electron chi connectivity index (χ1n) is 6.95. The summed E-state index contributed by atoms with van der Waals surface area (Å²) in [6.07, 6.45) is 1.48. The summed E-state index contributed by atoms with van der Waals surface area (Å²) in [5.74, 6) is -0.559. The number of hydrogen-bond donors (Lipinski definition) is 0. The van der Waals surface area contributed by atoms with Crippen molar-refractivity contribution in [2.75, 3.05) is 0 Å². The van der Waals surface area contributed by atoms with E-state index < -0.39 is 5.82 Å². The van der Waals surface area contributed by atoms with Crippen LogP contribution in [0.4, 0.5) is 4.39 Å². The molecule has 6 nitrogen and oxygen atoms in total. The van der Waals surface area contributed by atoms with Gasteiger partial charge in [-0.1, -0.05) is 15.9 Å². The van der Waals surface area contributed by atoms with Crippen LogP contribution in [0, 0.1) is 5.82 Å². The minimum atomic E-state index is -0.550. The number of fused-ring (bicyclic) bond motifs is 1. The minimum Gasteiger partial charge on any atom is -0.422 e. The van der Waals surface area contributed by atoms with E-state index >= 15 is 0 Å². The van der Waals surface area contributed by atoms with Crippen LogP contribution in [0.25, 0.3) is 11.0 Å². The highest BCUT2D eigenvalue weighted by molar-refractivity contribution is 9.10. The fourth-order valence-electron chi connectivity index (χ4n) is 2.18. The van der Waals surface area contributed by atoms with Gasteiger partial charge in [0.2, 0.25) is 0 Å². The van der Waals surface area contributed by atoms with Crippen LogP contribution in [0.2, 0.25) is 0 Å². The molecule has 0 radical (unpaired) electrons. The highest BCUT2D eigenvalue weighted by atomic mass is 79.9. The molecule has 0 unspecified atom stereocenters. The summed E-state index contributed by atoms with van der Waals surface area (Å²) in [4.78, 5) is 16.7. The molecule has 0 N–H and O–H groups in total. The van der Waals surface area contributed by atoms with Crippen molar-refractivity contribution in [3.8, 4) is 11.8 Å². The highest BCUT2D eigenvalue weighted by Crippen LogP contribution is 2.26. The van der Waals surface area contributed by atoms with E-state index in [1.54, 1.807) is 10.7 Å². The quantitative estimate of drug-likeness (QED) is 0.698. The Bertz CT molecular complexity index is 949. The molecule has 0 fully saturated rings. The van der Waals surface area contributed by atoms with Crippen molar-refractivity contribution < 1.29 is 9.13 Å².